The van der Waals surface area contributed by atoms with Gasteiger partial charge in [0, 0.05) is 13.1 Å². The lowest BCUT2D eigenvalue weighted by Crippen LogP contribution is -2.37. The fraction of sp³-hybridized carbons (Fsp3) is 0.353. The van der Waals surface area contributed by atoms with Gasteiger partial charge in [0.2, 0.25) is 5.82 Å². The summed E-state index contributed by atoms with van der Waals surface area (Å²) < 4.78 is 43.3. The Morgan fingerprint density at radius 3 is 2.34 bits per heavy atom. The van der Waals surface area contributed by atoms with Crippen molar-refractivity contribution in [1.29, 1.82) is 0 Å². The Hall–Kier alpha value is -3.44. The maximum absolute atomic E-state index is 12.7. The summed E-state index contributed by atoms with van der Waals surface area (Å²) in [4.78, 5) is 31.2. The molecule has 2 aromatic rings. The van der Waals surface area contributed by atoms with Crippen molar-refractivity contribution in [2.75, 3.05) is 18.0 Å². The van der Waals surface area contributed by atoms with Gasteiger partial charge in [-0.2, -0.15) is 18.2 Å². The number of benzene rings is 1. The first kappa shape index (κ1) is 20.3. The SMILES string of the molecule is O=C(O)C1CCN(c2ncnc(Oc3ccc(C(F)(F)F)cc3)c2[N+](=O)[O-])CC1. The lowest BCUT2D eigenvalue weighted by Gasteiger charge is -2.30. The number of hydrogen-bond donors (Lipinski definition) is 1. The highest BCUT2D eigenvalue weighted by molar-refractivity contribution is 5.71. The second-order valence-electron chi connectivity index (χ2n) is 6.33. The van der Waals surface area contributed by atoms with Crippen LogP contribution in [0.4, 0.5) is 24.7 Å². The summed E-state index contributed by atoms with van der Waals surface area (Å²) in [5, 5.41) is 20.7. The van der Waals surface area contributed by atoms with Gasteiger partial charge in [0.05, 0.1) is 16.4 Å². The van der Waals surface area contributed by atoms with Gasteiger partial charge in [-0.1, -0.05) is 0 Å². The van der Waals surface area contributed by atoms with E-state index < -0.39 is 40.1 Å². The number of alkyl halides is 3. The van der Waals surface area contributed by atoms with Gasteiger partial charge in [-0.25, -0.2) is 4.98 Å². The third-order valence-corrected chi connectivity index (χ3v) is 4.49. The number of halogens is 3. The monoisotopic (exact) mass is 412 g/mol. The lowest BCUT2D eigenvalue weighted by atomic mass is 9.97. The van der Waals surface area contributed by atoms with Crippen LogP contribution >= 0.6 is 0 Å². The number of rotatable bonds is 5. The van der Waals surface area contributed by atoms with Gasteiger partial charge in [-0.3, -0.25) is 14.9 Å². The normalized spacial score (nSPS) is 15.2. The van der Waals surface area contributed by atoms with Gasteiger partial charge in [0.15, 0.2) is 0 Å². The molecule has 0 radical (unpaired) electrons. The molecule has 29 heavy (non-hydrogen) atoms. The molecule has 154 valence electrons. The van der Waals surface area contributed by atoms with Crippen LogP contribution < -0.4 is 9.64 Å². The predicted octanol–water partition coefficient (Wildman–Crippen LogP) is 3.50. The molecule has 0 unspecified atom stereocenters. The molecule has 1 N–H and O–H groups in total. The molecule has 0 amide bonds. The number of piperidine rings is 1. The van der Waals surface area contributed by atoms with E-state index in [9.17, 15) is 28.1 Å². The maximum Gasteiger partial charge on any atom is 0.416 e. The van der Waals surface area contributed by atoms with Crippen LogP contribution in [0, 0.1) is 16.0 Å². The zero-order chi connectivity index (χ0) is 21.2. The van der Waals surface area contributed by atoms with E-state index in [0.717, 1.165) is 30.6 Å². The summed E-state index contributed by atoms with van der Waals surface area (Å²) in [5.74, 6) is -1.96. The molecule has 0 spiro atoms. The van der Waals surface area contributed by atoms with Gasteiger partial charge < -0.3 is 14.7 Å². The van der Waals surface area contributed by atoms with E-state index in [4.69, 9.17) is 9.84 Å². The molecule has 9 nitrogen and oxygen atoms in total. The third kappa shape index (κ3) is 4.52. The molecule has 1 fully saturated rings. The summed E-state index contributed by atoms with van der Waals surface area (Å²) in [6, 6.07) is 3.65. The molecule has 1 aliphatic rings. The number of aromatic nitrogens is 2. The summed E-state index contributed by atoms with van der Waals surface area (Å²) >= 11 is 0. The first-order valence-electron chi connectivity index (χ1n) is 8.49. The number of nitro groups is 1. The Kier molecular flexibility index (Phi) is 5.52. The van der Waals surface area contributed by atoms with E-state index in [0.29, 0.717) is 12.8 Å². The van der Waals surface area contributed by atoms with Crippen molar-refractivity contribution in [3.63, 3.8) is 0 Å². The van der Waals surface area contributed by atoms with Crippen LogP contribution in [-0.2, 0) is 11.0 Å². The van der Waals surface area contributed by atoms with E-state index in [1.807, 2.05) is 0 Å². The van der Waals surface area contributed by atoms with Gasteiger partial charge in [-0.05, 0) is 37.1 Å². The maximum atomic E-state index is 12.7. The largest absolute Gasteiger partial charge is 0.481 e. The summed E-state index contributed by atoms with van der Waals surface area (Å²) in [6.45, 7) is 0.489. The summed E-state index contributed by atoms with van der Waals surface area (Å²) in [7, 11) is 0. The molecule has 0 bridgehead atoms. The van der Waals surface area contributed by atoms with Crippen LogP contribution in [0.25, 0.3) is 0 Å². The van der Waals surface area contributed by atoms with Crippen LogP contribution in [0.5, 0.6) is 11.6 Å². The number of hydrogen-bond acceptors (Lipinski definition) is 7. The Balaban J connectivity index is 1.86. The lowest BCUT2D eigenvalue weighted by molar-refractivity contribution is -0.385. The molecule has 0 saturated carbocycles. The average Bonchev–Trinajstić information content (AvgIpc) is 2.67. The van der Waals surface area contributed by atoms with E-state index >= 15 is 0 Å². The van der Waals surface area contributed by atoms with E-state index in [1.165, 1.54) is 0 Å². The third-order valence-electron chi connectivity index (χ3n) is 4.49. The number of carbonyl (C=O) groups is 1. The minimum absolute atomic E-state index is 0.0317. The molecule has 2 heterocycles. The molecular formula is C17H15F3N4O5. The van der Waals surface area contributed by atoms with Gasteiger partial charge in [0.25, 0.3) is 0 Å². The van der Waals surface area contributed by atoms with E-state index in [2.05, 4.69) is 9.97 Å². The fourth-order valence-electron chi connectivity index (χ4n) is 2.98. The van der Waals surface area contributed by atoms with Crippen molar-refractivity contribution in [3.05, 3.63) is 46.3 Å². The molecule has 1 aromatic heterocycles. The first-order chi connectivity index (χ1) is 13.7. The molecule has 1 aromatic carbocycles. The summed E-state index contributed by atoms with van der Waals surface area (Å²) in [6.07, 6.45) is -2.88. The number of carboxylic acids is 1. The van der Waals surface area contributed by atoms with Crippen LogP contribution in [0.2, 0.25) is 0 Å². The van der Waals surface area contributed by atoms with Crippen molar-refractivity contribution in [2.45, 2.75) is 19.0 Å². The second-order valence-corrected chi connectivity index (χ2v) is 6.33. The Labute approximate surface area is 161 Å². The van der Waals surface area contributed by atoms with Crippen molar-refractivity contribution in [3.8, 4) is 11.6 Å². The number of carboxylic acid groups (broad SMARTS) is 1. The van der Waals surface area contributed by atoms with Crippen molar-refractivity contribution < 1.29 is 32.7 Å². The highest BCUT2D eigenvalue weighted by Crippen LogP contribution is 2.38. The average molecular weight is 412 g/mol. The molecule has 1 saturated heterocycles. The molecule has 0 aliphatic carbocycles. The fourth-order valence-corrected chi connectivity index (χ4v) is 2.98. The van der Waals surface area contributed by atoms with Gasteiger partial charge in [-0.15, -0.1) is 0 Å². The number of anilines is 1. The second kappa shape index (κ2) is 7.89. The minimum Gasteiger partial charge on any atom is -0.481 e. The zero-order valence-corrected chi connectivity index (χ0v) is 14.8. The number of ether oxygens (including phenoxy) is 1. The highest BCUT2D eigenvalue weighted by atomic mass is 19.4. The van der Waals surface area contributed by atoms with E-state index in [-0.39, 0.29) is 24.7 Å². The Morgan fingerprint density at radius 2 is 1.83 bits per heavy atom. The van der Waals surface area contributed by atoms with Crippen molar-refractivity contribution in [2.24, 2.45) is 5.92 Å². The van der Waals surface area contributed by atoms with Gasteiger partial charge >= 0.3 is 23.7 Å². The topological polar surface area (TPSA) is 119 Å². The molecule has 1 aliphatic heterocycles. The zero-order valence-electron chi connectivity index (χ0n) is 14.8. The Bertz CT molecular complexity index is 912. The number of nitrogens with zero attached hydrogens (tertiary/aromatic N) is 4. The predicted molar refractivity (Wildman–Crippen MR) is 92.8 cm³/mol. The van der Waals surface area contributed by atoms with Crippen LogP contribution in [0.15, 0.2) is 30.6 Å². The highest BCUT2D eigenvalue weighted by Gasteiger charge is 2.33. The quantitative estimate of drug-likeness (QED) is 0.586. The molecular weight excluding hydrogens is 397 g/mol. The van der Waals surface area contributed by atoms with Crippen LogP contribution in [0.3, 0.4) is 0 Å². The molecule has 3 rings (SSSR count). The van der Waals surface area contributed by atoms with Crippen molar-refractivity contribution >= 4 is 17.5 Å². The molecule has 12 heteroatoms. The van der Waals surface area contributed by atoms with Crippen LogP contribution in [0.1, 0.15) is 18.4 Å². The smallest absolute Gasteiger partial charge is 0.416 e. The standard InChI is InChI=1S/C17H15F3N4O5/c18-17(19,20)11-1-3-12(4-2-11)29-15-13(24(27)28)14(21-9-22-15)23-7-5-10(6-8-23)16(25)26/h1-4,9-10H,5-8H2,(H,25,26). The van der Waals surface area contributed by atoms with Crippen LogP contribution in [-0.4, -0.2) is 39.1 Å². The van der Waals surface area contributed by atoms with Gasteiger partial charge in [0.1, 0.15) is 12.1 Å². The Morgan fingerprint density at radius 1 is 1.21 bits per heavy atom. The minimum atomic E-state index is -4.52. The van der Waals surface area contributed by atoms with Crippen molar-refractivity contribution in [1.82, 2.24) is 9.97 Å². The van der Waals surface area contributed by atoms with E-state index in [1.54, 1.807) is 4.90 Å². The molecule has 0 atom stereocenters. The number of aliphatic carboxylic acids is 1. The summed E-state index contributed by atoms with van der Waals surface area (Å²) in [5.41, 5.74) is -1.43. The first-order valence-corrected chi connectivity index (χ1v) is 8.49.